The number of aromatic carboxylic acids is 1. The van der Waals surface area contributed by atoms with Crippen LogP contribution < -0.4 is 0 Å². The third-order valence-corrected chi connectivity index (χ3v) is 3.86. The van der Waals surface area contributed by atoms with Gasteiger partial charge in [0.2, 0.25) is 0 Å². The Kier molecular flexibility index (Phi) is 2.47. The molecule has 2 aromatic rings. The van der Waals surface area contributed by atoms with Crippen molar-refractivity contribution in [3.8, 4) is 0 Å². The summed E-state index contributed by atoms with van der Waals surface area (Å²) >= 11 is 3.39. The number of nitrogens with one attached hydrogen (secondary N) is 1. The number of rotatable bonds is 1. The van der Waals surface area contributed by atoms with Gasteiger partial charge in [0.15, 0.2) is 0 Å². The van der Waals surface area contributed by atoms with Crippen LogP contribution in [0.15, 0.2) is 16.6 Å². The van der Waals surface area contributed by atoms with Crippen molar-refractivity contribution in [2.45, 2.75) is 25.7 Å². The zero-order chi connectivity index (χ0) is 12.0. The number of aromatic amines is 1. The molecule has 1 aliphatic carbocycles. The van der Waals surface area contributed by atoms with Crippen LogP contribution in [0.4, 0.5) is 0 Å². The Balaban J connectivity index is 2.36. The standard InChI is InChI=1S/C13H12BrNO2/c14-7-5-9-8-3-1-2-4-11(8)15-12(9)10(6-7)13(16)17/h5-6,15H,1-4H2,(H,16,17). The molecule has 1 aliphatic rings. The van der Waals surface area contributed by atoms with Gasteiger partial charge >= 0.3 is 5.97 Å². The molecule has 0 atom stereocenters. The van der Waals surface area contributed by atoms with Crippen molar-refractivity contribution < 1.29 is 9.90 Å². The van der Waals surface area contributed by atoms with E-state index in [0.717, 1.165) is 28.2 Å². The fraction of sp³-hybridized carbons (Fsp3) is 0.308. The van der Waals surface area contributed by atoms with E-state index in [1.807, 2.05) is 6.07 Å². The van der Waals surface area contributed by atoms with Crippen molar-refractivity contribution in [2.24, 2.45) is 0 Å². The van der Waals surface area contributed by atoms with Crippen LogP contribution in [0.5, 0.6) is 0 Å². The first-order valence-electron chi connectivity index (χ1n) is 5.73. The molecule has 17 heavy (non-hydrogen) atoms. The van der Waals surface area contributed by atoms with Gasteiger partial charge in [0.1, 0.15) is 0 Å². The first kappa shape index (κ1) is 10.8. The third kappa shape index (κ3) is 1.67. The predicted molar refractivity (Wildman–Crippen MR) is 69.6 cm³/mol. The quantitative estimate of drug-likeness (QED) is 0.845. The number of aryl methyl sites for hydroxylation is 2. The van der Waals surface area contributed by atoms with Gasteiger partial charge in [-0.15, -0.1) is 0 Å². The molecule has 1 aromatic heterocycles. The Morgan fingerprint density at radius 1 is 1.29 bits per heavy atom. The van der Waals surface area contributed by atoms with Gasteiger partial charge in [0.05, 0.1) is 11.1 Å². The minimum Gasteiger partial charge on any atom is -0.478 e. The molecule has 0 amide bonds. The van der Waals surface area contributed by atoms with Crippen LogP contribution in [0.1, 0.15) is 34.5 Å². The SMILES string of the molecule is O=C(O)c1cc(Br)cc2c3c([nH]c12)CCCC3. The molecular weight excluding hydrogens is 282 g/mol. The van der Waals surface area contributed by atoms with E-state index in [-0.39, 0.29) is 0 Å². The molecule has 2 N–H and O–H groups in total. The number of fused-ring (bicyclic) bond motifs is 3. The van der Waals surface area contributed by atoms with Crippen LogP contribution in [0.3, 0.4) is 0 Å². The van der Waals surface area contributed by atoms with Crippen molar-refractivity contribution in [2.75, 3.05) is 0 Å². The molecule has 1 aromatic carbocycles. The monoisotopic (exact) mass is 293 g/mol. The average molecular weight is 294 g/mol. The molecule has 1 heterocycles. The normalized spacial score (nSPS) is 14.9. The highest BCUT2D eigenvalue weighted by Crippen LogP contribution is 2.33. The van der Waals surface area contributed by atoms with E-state index in [2.05, 4.69) is 20.9 Å². The Labute approximate surface area is 107 Å². The van der Waals surface area contributed by atoms with Crippen molar-refractivity contribution in [1.29, 1.82) is 0 Å². The summed E-state index contributed by atoms with van der Waals surface area (Å²) in [4.78, 5) is 14.5. The first-order valence-corrected chi connectivity index (χ1v) is 6.52. The molecule has 0 fully saturated rings. The maximum absolute atomic E-state index is 11.2. The molecule has 0 bridgehead atoms. The number of carboxylic acid groups (broad SMARTS) is 1. The largest absolute Gasteiger partial charge is 0.478 e. The highest BCUT2D eigenvalue weighted by molar-refractivity contribution is 9.10. The number of carboxylic acids is 1. The summed E-state index contributed by atoms with van der Waals surface area (Å²) in [6.45, 7) is 0. The minimum absolute atomic E-state index is 0.351. The van der Waals surface area contributed by atoms with E-state index in [0.29, 0.717) is 5.56 Å². The molecule has 0 spiro atoms. The van der Waals surface area contributed by atoms with E-state index in [4.69, 9.17) is 0 Å². The maximum atomic E-state index is 11.2. The number of halogens is 1. The van der Waals surface area contributed by atoms with E-state index in [1.54, 1.807) is 6.07 Å². The van der Waals surface area contributed by atoms with Crippen LogP contribution in [-0.2, 0) is 12.8 Å². The first-order chi connectivity index (χ1) is 8.16. The van der Waals surface area contributed by atoms with Gasteiger partial charge in [-0.2, -0.15) is 0 Å². The van der Waals surface area contributed by atoms with Gasteiger partial charge in [0.25, 0.3) is 0 Å². The third-order valence-electron chi connectivity index (χ3n) is 3.40. The summed E-state index contributed by atoms with van der Waals surface area (Å²) in [7, 11) is 0. The zero-order valence-corrected chi connectivity index (χ0v) is 10.8. The number of hydrogen-bond acceptors (Lipinski definition) is 1. The van der Waals surface area contributed by atoms with Crippen LogP contribution in [0.25, 0.3) is 10.9 Å². The molecule has 0 unspecified atom stereocenters. The second-order valence-corrected chi connectivity index (χ2v) is 5.39. The average Bonchev–Trinajstić information content (AvgIpc) is 2.66. The van der Waals surface area contributed by atoms with Gasteiger partial charge in [-0.1, -0.05) is 15.9 Å². The van der Waals surface area contributed by atoms with E-state index >= 15 is 0 Å². The lowest BCUT2D eigenvalue weighted by Crippen LogP contribution is -1.99. The predicted octanol–water partition coefficient (Wildman–Crippen LogP) is 3.51. The summed E-state index contributed by atoms with van der Waals surface area (Å²) < 4.78 is 0.828. The van der Waals surface area contributed by atoms with E-state index in [9.17, 15) is 9.90 Å². The summed E-state index contributed by atoms with van der Waals surface area (Å²) in [5.41, 5.74) is 3.64. The number of benzene rings is 1. The van der Waals surface area contributed by atoms with E-state index in [1.165, 1.54) is 24.1 Å². The molecule has 0 saturated heterocycles. The lowest BCUT2D eigenvalue weighted by atomic mass is 9.95. The Hall–Kier alpha value is -1.29. The highest BCUT2D eigenvalue weighted by Gasteiger charge is 2.19. The number of H-pyrrole nitrogens is 1. The van der Waals surface area contributed by atoms with Gasteiger partial charge in [-0.05, 0) is 43.4 Å². The zero-order valence-electron chi connectivity index (χ0n) is 9.22. The van der Waals surface area contributed by atoms with Gasteiger partial charge < -0.3 is 10.1 Å². The lowest BCUT2D eigenvalue weighted by Gasteiger charge is -2.10. The molecule has 3 nitrogen and oxygen atoms in total. The van der Waals surface area contributed by atoms with Gasteiger partial charge in [-0.3, -0.25) is 0 Å². The highest BCUT2D eigenvalue weighted by atomic mass is 79.9. The molecule has 0 radical (unpaired) electrons. The fourth-order valence-corrected chi connectivity index (χ4v) is 3.10. The number of aromatic nitrogens is 1. The molecular formula is C13H12BrNO2. The summed E-state index contributed by atoms with van der Waals surface area (Å²) in [6, 6.07) is 3.68. The molecule has 0 saturated carbocycles. The Morgan fingerprint density at radius 3 is 2.82 bits per heavy atom. The minimum atomic E-state index is -0.880. The topological polar surface area (TPSA) is 53.1 Å². The number of carbonyl (C=O) groups is 1. The maximum Gasteiger partial charge on any atom is 0.337 e. The van der Waals surface area contributed by atoms with Gasteiger partial charge in [0, 0.05) is 15.6 Å². The second-order valence-electron chi connectivity index (χ2n) is 4.47. The lowest BCUT2D eigenvalue weighted by molar-refractivity contribution is 0.0699. The summed E-state index contributed by atoms with van der Waals surface area (Å²) in [5.74, 6) is -0.880. The van der Waals surface area contributed by atoms with Gasteiger partial charge in [-0.25, -0.2) is 4.79 Å². The Morgan fingerprint density at radius 2 is 2.06 bits per heavy atom. The molecule has 3 rings (SSSR count). The van der Waals surface area contributed by atoms with E-state index < -0.39 is 5.97 Å². The fourth-order valence-electron chi connectivity index (χ4n) is 2.64. The number of hydrogen-bond donors (Lipinski definition) is 2. The van der Waals surface area contributed by atoms with Crippen LogP contribution >= 0.6 is 15.9 Å². The second kappa shape index (κ2) is 3.88. The molecule has 4 heteroatoms. The van der Waals surface area contributed by atoms with Crippen molar-refractivity contribution in [3.63, 3.8) is 0 Å². The summed E-state index contributed by atoms with van der Waals surface area (Å²) in [6.07, 6.45) is 4.45. The van der Waals surface area contributed by atoms with Crippen molar-refractivity contribution in [3.05, 3.63) is 33.4 Å². The van der Waals surface area contributed by atoms with Crippen molar-refractivity contribution >= 4 is 32.8 Å². The smallest absolute Gasteiger partial charge is 0.337 e. The van der Waals surface area contributed by atoms with Crippen LogP contribution in [0, 0.1) is 0 Å². The van der Waals surface area contributed by atoms with Crippen LogP contribution in [0.2, 0.25) is 0 Å². The Bertz CT molecular complexity index is 615. The van der Waals surface area contributed by atoms with Crippen molar-refractivity contribution in [1.82, 2.24) is 4.98 Å². The van der Waals surface area contributed by atoms with Crippen LogP contribution in [-0.4, -0.2) is 16.1 Å². The molecule has 0 aliphatic heterocycles. The molecule has 88 valence electrons. The summed E-state index contributed by atoms with van der Waals surface area (Å²) in [5, 5.41) is 10.3.